The van der Waals surface area contributed by atoms with Crippen LogP contribution in [0.1, 0.15) is 108 Å². The zero-order chi connectivity index (χ0) is 21.3. The van der Waals surface area contributed by atoms with Crippen LogP contribution in [-0.2, 0) is 0 Å². The number of hydrogen-bond acceptors (Lipinski definition) is 4. The maximum absolute atomic E-state index is 12.2. The number of pyridine rings is 1. The molecule has 2 aromatic rings. The first kappa shape index (κ1) is 24.0. The van der Waals surface area contributed by atoms with Crippen LogP contribution in [0.5, 0.6) is 0 Å². The van der Waals surface area contributed by atoms with Crippen molar-refractivity contribution in [1.82, 2.24) is 9.97 Å². The molecule has 0 aliphatic rings. The average molecular weight is 411 g/mol. The minimum Gasteiger partial charge on any atom is -0.442 e. The SMILES string of the molecule is CCCCCCCC/C=C/CCCCCCCC(=O)c1nc(-c2ccncc2)co1. The molecule has 164 valence electrons. The average Bonchev–Trinajstić information content (AvgIpc) is 3.27. The molecule has 2 rings (SSSR count). The van der Waals surface area contributed by atoms with E-state index in [1.165, 1.54) is 70.6 Å². The molecule has 0 spiro atoms. The molecule has 4 nitrogen and oxygen atoms in total. The lowest BCUT2D eigenvalue weighted by Gasteiger charge is -2.00. The lowest BCUT2D eigenvalue weighted by Crippen LogP contribution is -1.99. The highest BCUT2D eigenvalue weighted by atomic mass is 16.3. The summed E-state index contributed by atoms with van der Waals surface area (Å²) in [5, 5.41) is 0. The predicted molar refractivity (Wildman–Crippen MR) is 124 cm³/mol. The fourth-order valence-electron chi connectivity index (χ4n) is 3.52. The quantitative estimate of drug-likeness (QED) is 0.151. The van der Waals surface area contributed by atoms with E-state index in [1.807, 2.05) is 12.1 Å². The molecule has 30 heavy (non-hydrogen) atoms. The Hall–Kier alpha value is -2.23. The molecule has 0 saturated carbocycles. The normalized spacial score (nSPS) is 11.4. The molecule has 0 N–H and O–H groups in total. The van der Waals surface area contributed by atoms with E-state index in [0.29, 0.717) is 12.1 Å². The Morgan fingerprint density at radius 1 is 0.867 bits per heavy atom. The highest BCUT2D eigenvalue weighted by Gasteiger charge is 2.13. The standard InChI is InChI=1S/C26H38N2O2/c1-2-3-4-5-6-7-8-9-10-11-12-13-14-15-16-17-25(29)26-28-24(22-30-26)23-18-20-27-21-19-23/h9-10,18-22H,2-8,11-17H2,1H3/b10-9+. The Balaban J connectivity index is 1.45. The molecule has 0 unspecified atom stereocenters. The molecule has 2 aromatic heterocycles. The van der Waals surface area contributed by atoms with Crippen LogP contribution in [0, 0.1) is 0 Å². The van der Waals surface area contributed by atoms with Crippen LogP contribution in [0.4, 0.5) is 0 Å². The second-order valence-electron chi connectivity index (χ2n) is 8.03. The molecule has 0 aliphatic carbocycles. The van der Waals surface area contributed by atoms with Crippen molar-refractivity contribution in [2.45, 2.75) is 96.8 Å². The molecule has 0 bridgehead atoms. The van der Waals surface area contributed by atoms with Gasteiger partial charge in [0.05, 0.1) is 0 Å². The number of rotatable bonds is 17. The van der Waals surface area contributed by atoms with Gasteiger partial charge in [0.25, 0.3) is 5.89 Å². The Labute approximate surface area is 182 Å². The number of hydrogen-bond donors (Lipinski definition) is 0. The monoisotopic (exact) mass is 410 g/mol. The number of unbranched alkanes of at least 4 members (excludes halogenated alkanes) is 11. The third-order valence-corrected chi connectivity index (χ3v) is 5.38. The highest BCUT2D eigenvalue weighted by Crippen LogP contribution is 2.19. The van der Waals surface area contributed by atoms with E-state index in [4.69, 9.17) is 4.42 Å². The zero-order valence-corrected chi connectivity index (χ0v) is 18.7. The summed E-state index contributed by atoms with van der Waals surface area (Å²) in [6, 6.07) is 3.71. The molecule has 0 radical (unpaired) electrons. The van der Waals surface area contributed by atoms with Gasteiger partial charge in [0.2, 0.25) is 5.78 Å². The third kappa shape index (κ3) is 10.00. The van der Waals surface area contributed by atoms with E-state index in [0.717, 1.165) is 18.4 Å². The second kappa shape index (κ2) is 15.6. The molecular formula is C26H38N2O2. The van der Waals surface area contributed by atoms with Crippen molar-refractivity contribution in [3.05, 3.63) is 48.8 Å². The second-order valence-corrected chi connectivity index (χ2v) is 8.03. The molecule has 0 fully saturated rings. The maximum Gasteiger partial charge on any atom is 0.263 e. The van der Waals surface area contributed by atoms with Crippen molar-refractivity contribution < 1.29 is 9.21 Å². The Morgan fingerprint density at radius 2 is 1.47 bits per heavy atom. The van der Waals surface area contributed by atoms with Crippen molar-refractivity contribution in [1.29, 1.82) is 0 Å². The van der Waals surface area contributed by atoms with Gasteiger partial charge in [-0.15, -0.1) is 0 Å². The minimum atomic E-state index is -0.00654. The molecule has 4 heteroatoms. The van der Waals surface area contributed by atoms with Crippen molar-refractivity contribution >= 4 is 5.78 Å². The van der Waals surface area contributed by atoms with Crippen LogP contribution in [0.3, 0.4) is 0 Å². The Morgan fingerprint density at radius 3 is 2.13 bits per heavy atom. The summed E-state index contributed by atoms with van der Waals surface area (Å²) >= 11 is 0. The van der Waals surface area contributed by atoms with Gasteiger partial charge in [-0.1, -0.05) is 70.4 Å². The summed E-state index contributed by atoms with van der Waals surface area (Å²) in [6.07, 6.45) is 26.5. The number of allylic oxidation sites excluding steroid dienone is 2. The van der Waals surface area contributed by atoms with Crippen LogP contribution in [0.15, 0.2) is 47.4 Å². The zero-order valence-electron chi connectivity index (χ0n) is 18.7. The van der Waals surface area contributed by atoms with E-state index in [-0.39, 0.29) is 11.7 Å². The molecule has 0 saturated heterocycles. The number of nitrogens with zero attached hydrogens (tertiary/aromatic N) is 2. The Kier molecular flexibility index (Phi) is 12.5. The summed E-state index contributed by atoms with van der Waals surface area (Å²) < 4.78 is 5.37. The van der Waals surface area contributed by atoms with Crippen LogP contribution in [0.25, 0.3) is 11.3 Å². The number of oxazole rings is 1. The number of carbonyl (C=O) groups is 1. The maximum atomic E-state index is 12.2. The Bertz CT molecular complexity index is 722. The van der Waals surface area contributed by atoms with Crippen molar-refractivity contribution in [2.24, 2.45) is 0 Å². The van der Waals surface area contributed by atoms with Gasteiger partial charge in [-0.25, -0.2) is 4.98 Å². The topological polar surface area (TPSA) is 56.0 Å². The van der Waals surface area contributed by atoms with Crippen molar-refractivity contribution in [3.8, 4) is 11.3 Å². The number of ketones is 1. The first-order valence-electron chi connectivity index (χ1n) is 11.9. The van der Waals surface area contributed by atoms with Gasteiger partial charge in [-0.2, -0.15) is 0 Å². The fraction of sp³-hybridized carbons (Fsp3) is 0.577. The van der Waals surface area contributed by atoms with Gasteiger partial charge in [0, 0.05) is 24.4 Å². The van der Waals surface area contributed by atoms with Gasteiger partial charge in [0.1, 0.15) is 12.0 Å². The van der Waals surface area contributed by atoms with E-state index in [9.17, 15) is 4.79 Å². The van der Waals surface area contributed by atoms with Crippen LogP contribution >= 0.6 is 0 Å². The summed E-state index contributed by atoms with van der Waals surface area (Å²) in [4.78, 5) is 20.6. The molecule has 0 aromatic carbocycles. The molecule has 0 aliphatic heterocycles. The van der Waals surface area contributed by atoms with E-state index in [1.54, 1.807) is 18.7 Å². The molecular weight excluding hydrogens is 372 g/mol. The van der Waals surface area contributed by atoms with Gasteiger partial charge < -0.3 is 4.42 Å². The van der Waals surface area contributed by atoms with Gasteiger partial charge in [0.15, 0.2) is 0 Å². The first-order valence-corrected chi connectivity index (χ1v) is 11.9. The van der Waals surface area contributed by atoms with E-state index >= 15 is 0 Å². The summed E-state index contributed by atoms with van der Waals surface area (Å²) in [6.45, 7) is 2.26. The molecule has 0 atom stereocenters. The lowest BCUT2D eigenvalue weighted by atomic mass is 10.1. The summed E-state index contributed by atoms with van der Waals surface area (Å²) in [5.41, 5.74) is 1.60. The fourth-order valence-corrected chi connectivity index (χ4v) is 3.52. The third-order valence-electron chi connectivity index (χ3n) is 5.38. The number of aromatic nitrogens is 2. The minimum absolute atomic E-state index is 0.00654. The first-order chi connectivity index (χ1) is 14.8. The highest BCUT2D eigenvalue weighted by molar-refractivity contribution is 5.92. The summed E-state index contributed by atoms with van der Waals surface area (Å²) in [7, 11) is 0. The lowest BCUT2D eigenvalue weighted by molar-refractivity contribution is 0.0945. The van der Waals surface area contributed by atoms with Crippen LogP contribution in [0.2, 0.25) is 0 Å². The molecule has 0 amide bonds. The number of carbonyl (C=O) groups excluding carboxylic acids is 1. The predicted octanol–water partition coefficient (Wildman–Crippen LogP) is 7.96. The van der Waals surface area contributed by atoms with Crippen molar-refractivity contribution in [2.75, 3.05) is 0 Å². The van der Waals surface area contributed by atoms with Crippen molar-refractivity contribution in [3.63, 3.8) is 0 Å². The largest absolute Gasteiger partial charge is 0.442 e. The van der Waals surface area contributed by atoms with Gasteiger partial charge >= 0.3 is 0 Å². The summed E-state index contributed by atoms with van der Waals surface area (Å²) in [5.74, 6) is 0.213. The number of Topliss-reactive ketones (excluding diaryl/α,β-unsaturated/α-hetero) is 1. The van der Waals surface area contributed by atoms with E-state index < -0.39 is 0 Å². The molecule has 2 heterocycles. The van der Waals surface area contributed by atoms with Crippen LogP contribution < -0.4 is 0 Å². The van der Waals surface area contributed by atoms with Gasteiger partial charge in [-0.3, -0.25) is 9.78 Å². The smallest absolute Gasteiger partial charge is 0.263 e. The van der Waals surface area contributed by atoms with E-state index in [2.05, 4.69) is 29.0 Å². The van der Waals surface area contributed by atoms with Crippen LogP contribution in [-0.4, -0.2) is 15.8 Å². The van der Waals surface area contributed by atoms with Gasteiger partial charge in [-0.05, 0) is 44.2 Å².